The van der Waals surface area contributed by atoms with Gasteiger partial charge in [-0.3, -0.25) is 4.79 Å². The number of amides is 1. The first kappa shape index (κ1) is 17.6. The number of imidazole rings is 1. The van der Waals surface area contributed by atoms with Gasteiger partial charge in [-0.05, 0) is 25.5 Å². The summed E-state index contributed by atoms with van der Waals surface area (Å²) in [6.45, 7) is 3.90. The molecule has 27 heavy (non-hydrogen) atoms. The number of benzene rings is 1. The van der Waals surface area contributed by atoms with Crippen LogP contribution in [0.5, 0.6) is 0 Å². The molecule has 4 aromatic rings. The van der Waals surface area contributed by atoms with E-state index in [0.29, 0.717) is 0 Å². The summed E-state index contributed by atoms with van der Waals surface area (Å²) in [5.74, 6) is 0.0715. The van der Waals surface area contributed by atoms with Crippen LogP contribution in [0.3, 0.4) is 0 Å². The number of carbonyl (C=O) groups is 1. The fraction of sp³-hybridized carbons (Fsp3) is 0.300. The number of rotatable bonds is 3. The van der Waals surface area contributed by atoms with Crippen LogP contribution in [-0.4, -0.2) is 44.4 Å². The van der Waals surface area contributed by atoms with Gasteiger partial charge in [0.05, 0.1) is 23.5 Å². The van der Waals surface area contributed by atoms with Gasteiger partial charge in [0.1, 0.15) is 20.9 Å². The molecule has 0 saturated carbocycles. The first-order valence-electron chi connectivity index (χ1n) is 8.68. The zero-order valence-corrected chi connectivity index (χ0v) is 16.8. The number of nitrogens with zero attached hydrogens (tertiary/aromatic N) is 5. The molecule has 1 amide bonds. The number of hydrogen-bond acceptors (Lipinski definition) is 5. The van der Waals surface area contributed by atoms with Crippen molar-refractivity contribution in [2.24, 2.45) is 7.05 Å². The van der Waals surface area contributed by atoms with Gasteiger partial charge in [0.25, 0.3) is 0 Å². The summed E-state index contributed by atoms with van der Waals surface area (Å²) in [6.07, 6.45) is 3.57. The monoisotopic (exact) mass is 379 g/mol. The molecule has 1 aromatic carbocycles. The topological polar surface area (TPSA) is 63.9 Å². The summed E-state index contributed by atoms with van der Waals surface area (Å²) in [5, 5.41) is 0.890. The fourth-order valence-electron chi connectivity index (χ4n) is 3.35. The number of carbonyl (C=O) groups excluding carboxylic acids is 1. The van der Waals surface area contributed by atoms with Gasteiger partial charge in [-0.25, -0.2) is 15.0 Å². The SMILES string of the molecule is CN(C)C(=O)C(C)(C)c1cccc(-c2nc3c(ncc4ncn(C)c43)s2)c1. The summed E-state index contributed by atoms with van der Waals surface area (Å²) in [4.78, 5) is 28.8. The highest BCUT2D eigenvalue weighted by atomic mass is 32.1. The Hall–Kier alpha value is -2.80. The maximum Gasteiger partial charge on any atom is 0.232 e. The minimum Gasteiger partial charge on any atom is -0.348 e. The maximum absolute atomic E-state index is 12.6. The summed E-state index contributed by atoms with van der Waals surface area (Å²) in [5.41, 5.74) is 4.04. The third-order valence-corrected chi connectivity index (χ3v) is 5.89. The predicted octanol–water partition coefficient (Wildman–Crippen LogP) is 3.61. The molecule has 7 heteroatoms. The second-order valence-electron chi connectivity index (χ2n) is 7.43. The Kier molecular flexibility index (Phi) is 3.99. The molecule has 0 fully saturated rings. The highest BCUT2D eigenvalue weighted by Crippen LogP contribution is 2.34. The van der Waals surface area contributed by atoms with Crippen LogP contribution in [0.2, 0.25) is 0 Å². The molecule has 0 aliphatic heterocycles. The summed E-state index contributed by atoms with van der Waals surface area (Å²) in [6, 6.07) is 8.06. The smallest absolute Gasteiger partial charge is 0.232 e. The van der Waals surface area contributed by atoms with E-state index in [1.165, 1.54) is 0 Å². The molecular weight excluding hydrogens is 358 g/mol. The van der Waals surface area contributed by atoms with Crippen LogP contribution >= 0.6 is 11.3 Å². The number of thiazole rings is 1. The molecule has 4 rings (SSSR count). The molecule has 3 heterocycles. The van der Waals surface area contributed by atoms with Crippen LogP contribution in [-0.2, 0) is 17.3 Å². The van der Waals surface area contributed by atoms with Gasteiger partial charge in [0, 0.05) is 26.7 Å². The average Bonchev–Trinajstić information content (AvgIpc) is 3.24. The highest BCUT2D eigenvalue weighted by Gasteiger charge is 2.31. The number of fused-ring (bicyclic) bond motifs is 3. The third-order valence-electron chi connectivity index (χ3n) is 4.88. The van der Waals surface area contributed by atoms with Crippen molar-refractivity contribution < 1.29 is 4.79 Å². The lowest BCUT2D eigenvalue weighted by atomic mass is 9.82. The summed E-state index contributed by atoms with van der Waals surface area (Å²) in [7, 11) is 5.53. The van der Waals surface area contributed by atoms with E-state index in [-0.39, 0.29) is 5.91 Å². The van der Waals surface area contributed by atoms with Crippen LogP contribution < -0.4 is 0 Å². The van der Waals surface area contributed by atoms with Gasteiger partial charge < -0.3 is 9.47 Å². The summed E-state index contributed by atoms with van der Waals surface area (Å²) >= 11 is 1.55. The van der Waals surface area contributed by atoms with Crippen molar-refractivity contribution in [3.05, 3.63) is 42.4 Å². The molecule has 6 nitrogen and oxygen atoms in total. The largest absolute Gasteiger partial charge is 0.348 e. The predicted molar refractivity (Wildman–Crippen MR) is 109 cm³/mol. The molecule has 0 spiro atoms. The van der Waals surface area contributed by atoms with E-state index in [4.69, 9.17) is 4.98 Å². The zero-order valence-electron chi connectivity index (χ0n) is 16.0. The van der Waals surface area contributed by atoms with Crippen molar-refractivity contribution in [2.45, 2.75) is 19.3 Å². The Morgan fingerprint density at radius 3 is 2.74 bits per heavy atom. The standard InChI is InChI=1S/C20H21N5OS/c1-20(2,19(26)24(3)4)13-8-6-7-12(9-13)17-23-15-16-14(22-11-25(16)5)10-21-18(15)27-17/h6-11H,1-5H3. The van der Waals surface area contributed by atoms with Crippen molar-refractivity contribution >= 4 is 38.6 Å². The molecule has 0 atom stereocenters. The van der Waals surface area contributed by atoms with E-state index in [9.17, 15) is 4.79 Å². The third kappa shape index (κ3) is 2.78. The Balaban J connectivity index is 1.84. The first-order valence-corrected chi connectivity index (χ1v) is 9.50. The van der Waals surface area contributed by atoms with Crippen LogP contribution in [0.1, 0.15) is 19.4 Å². The Morgan fingerprint density at radius 2 is 2.00 bits per heavy atom. The minimum atomic E-state index is -0.607. The Bertz CT molecular complexity index is 1170. The molecule has 0 saturated heterocycles. The van der Waals surface area contributed by atoms with E-state index in [0.717, 1.165) is 37.5 Å². The molecule has 0 N–H and O–H groups in total. The van der Waals surface area contributed by atoms with Gasteiger partial charge in [0.15, 0.2) is 0 Å². The molecule has 0 radical (unpaired) electrons. The van der Waals surface area contributed by atoms with Crippen molar-refractivity contribution in [3.8, 4) is 10.6 Å². The van der Waals surface area contributed by atoms with E-state index in [2.05, 4.69) is 16.0 Å². The van der Waals surface area contributed by atoms with Gasteiger partial charge >= 0.3 is 0 Å². The van der Waals surface area contributed by atoms with Gasteiger partial charge in [-0.2, -0.15) is 0 Å². The molecular formula is C20H21N5OS. The number of aromatic nitrogens is 4. The van der Waals surface area contributed by atoms with Gasteiger partial charge in [-0.1, -0.05) is 29.5 Å². The van der Waals surface area contributed by atoms with Crippen molar-refractivity contribution in [1.82, 2.24) is 24.4 Å². The van der Waals surface area contributed by atoms with Crippen LogP contribution in [0, 0.1) is 0 Å². The quantitative estimate of drug-likeness (QED) is 0.545. The molecule has 0 aliphatic carbocycles. The summed E-state index contributed by atoms with van der Waals surface area (Å²) < 4.78 is 1.97. The average molecular weight is 379 g/mol. The number of hydrogen-bond donors (Lipinski definition) is 0. The minimum absolute atomic E-state index is 0.0715. The van der Waals surface area contributed by atoms with E-state index in [1.807, 2.05) is 43.7 Å². The molecule has 0 aliphatic rings. The molecule has 3 aromatic heterocycles. The van der Waals surface area contributed by atoms with E-state index >= 15 is 0 Å². The second kappa shape index (κ2) is 6.13. The molecule has 0 bridgehead atoms. The first-order chi connectivity index (χ1) is 12.8. The lowest BCUT2D eigenvalue weighted by Gasteiger charge is -2.27. The van der Waals surface area contributed by atoms with Crippen molar-refractivity contribution in [1.29, 1.82) is 0 Å². The van der Waals surface area contributed by atoms with Crippen molar-refractivity contribution in [3.63, 3.8) is 0 Å². The van der Waals surface area contributed by atoms with E-state index in [1.54, 1.807) is 42.9 Å². The van der Waals surface area contributed by atoms with Crippen molar-refractivity contribution in [2.75, 3.05) is 14.1 Å². The lowest BCUT2D eigenvalue weighted by Crippen LogP contribution is -2.39. The van der Waals surface area contributed by atoms with Gasteiger partial charge in [0.2, 0.25) is 5.91 Å². The molecule has 0 unspecified atom stereocenters. The number of pyridine rings is 1. The normalized spacial score (nSPS) is 12.0. The molecule has 138 valence electrons. The lowest BCUT2D eigenvalue weighted by molar-refractivity contribution is -0.133. The highest BCUT2D eigenvalue weighted by molar-refractivity contribution is 7.21. The Morgan fingerprint density at radius 1 is 1.22 bits per heavy atom. The Labute approximate surface area is 161 Å². The van der Waals surface area contributed by atoms with Crippen LogP contribution in [0.15, 0.2) is 36.8 Å². The van der Waals surface area contributed by atoms with Gasteiger partial charge in [-0.15, -0.1) is 0 Å². The van der Waals surface area contributed by atoms with Crippen LogP contribution in [0.25, 0.3) is 32.0 Å². The number of aryl methyl sites for hydroxylation is 1. The second-order valence-corrected chi connectivity index (χ2v) is 8.40. The fourth-order valence-corrected chi connectivity index (χ4v) is 4.26. The maximum atomic E-state index is 12.6. The van der Waals surface area contributed by atoms with Crippen LogP contribution in [0.4, 0.5) is 0 Å². The van der Waals surface area contributed by atoms with E-state index < -0.39 is 5.41 Å². The zero-order chi connectivity index (χ0) is 19.3. The number of likely N-dealkylation sites (N-methyl/N-ethyl adjacent to an activating group) is 1.